The fourth-order valence-corrected chi connectivity index (χ4v) is 4.37. The van der Waals surface area contributed by atoms with Gasteiger partial charge < -0.3 is 4.90 Å². The Bertz CT molecular complexity index is 966. The molecular formula is C16H11F3N2O2S2. The van der Waals surface area contributed by atoms with E-state index in [-0.39, 0.29) is 13.0 Å². The Balaban J connectivity index is 2.14. The highest BCUT2D eigenvalue weighted by atomic mass is 32.2. The number of hydrogen-bond donors (Lipinski definition) is 0. The van der Waals surface area contributed by atoms with E-state index in [1.165, 1.54) is 17.8 Å². The van der Waals surface area contributed by atoms with Gasteiger partial charge in [-0.3, -0.25) is 0 Å². The second-order valence-corrected chi connectivity index (χ2v) is 8.23. The molecule has 0 atom stereocenters. The molecule has 1 aliphatic rings. The predicted octanol–water partition coefficient (Wildman–Crippen LogP) is 4.50. The fraction of sp³-hybridized carbons (Fsp3) is 0.188. The first-order valence-electron chi connectivity index (χ1n) is 7.12. The van der Waals surface area contributed by atoms with Crippen LogP contribution in [0.3, 0.4) is 0 Å². The zero-order valence-corrected chi connectivity index (χ0v) is 14.2. The van der Waals surface area contributed by atoms with Crippen molar-refractivity contribution in [2.24, 2.45) is 0 Å². The van der Waals surface area contributed by atoms with Gasteiger partial charge in [0.1, 0.15) is 0 Å². The molecule has 0 unspecified atom stereocenters. The van der Waals surface area contributed by atoms with Crippen LogP contribution >= 0.6 is 11.8 Å². The number of para-hydroxylation sites is 1. The van der Waals surface area contributed by atoms with E-state index in [0.29, 0.717) is 10.6 Å². The van der Waals surface area contributed by atoms with Crippen LogP contribution in [0.5, 0.6) is 0 Å². The van der Waals surface area contributed by atoms with Gasteiger partial charge in [0.25, 0.3) is 9.84 Å². The van der Waals surface area contributed by atoms with E-state index in [4.69, 9.17) is 5.26 Å². The lowest BCUT2D eigenvalue weighted by Crippen LogP contribution is -2.25. The molecule has 0 amide bonds. The summed E-state index contributed by atoms with van der Waals surface area (Å²) in [7, 11) is -5.43. The minimum atomic E-state index is -5.43. The zero-order chi connectivity index (χ0) is 18.2. The van der Waals surface area contributed by atoms with Crippen LogP contribution in [0, 0.1) is 11.3 Å². The first-order chi connectivity index (χ1) is 11.8. The van der Waals surface area contributed by atoms with Crippen LogP contribution in [0.15, 0.2) is 57.2 Å². The minimum absolute atomic E-state index is 0.148. The van der Waals surface area contributed by atoms with Crippen molar-refractivity contribution in [1.82, 2.24) is 0 Å². The predicted molar refractivity (Wildman–Crippen MR) is 87.5 cm³/mol. The van der Waals surface area contributed by atoms with Crippen molar-refractivity contribution in [3.8, 4) is 6.07 Å². The molecule has 130 valence electrons. The van der Waals surface area contributed by atoms with Gasteiger partial charge in [0.2, 0.25) is 0 Å². The summed E-state index contributed by atoms with van der Waals surface area (Å²) < 4.78 is 61.9. The van der Waals surface area contributed by atoms with Crippen LogP contribution in [0.4, 0.5) is 24.5 Å². The standard InChI is InChI=1S/C16H11F3N2O2S2/c17-16(18,19)25(22,23)11-6-7-15-13(10-11)21(9-3-8-20)12-4-1-2-5-14(12)24-15/h1-2,4-7,10H,3,9H2. The normalized spacial score (nSPS) is 13.8. The molecule has 1 heterocycles. The van der Waals surface area contributed by atoms with E-state index in [2.05, 4.69) is 0 Å². The van der Waals surface area contributed by atoms with Crippen LogP contribution in [-0.4, -0.2) is 20.5 Å². The van der Waals surface area contributed by atoms with Crippen molar-refractivity contribution >= 4 is 33.0 Å². The van der Waals surface area contributed by atoms with Crippen LogP contribution in [-0.2, 0) is 9.84 Å². The van der Waals surface area contributed by atoms with Crippen LogP contribution in [0.1, 0.15) is 6.42 Å². The van der Waals surface area contributed by atoms with Gasteiger partial charge in [-0.05, 0) is 30.3 Å². The van der Waals surface area contributed by atoms with Crippen LogP contribution in [0.25, 0.3) is 0 Å². The minimum Gasteiger partial charge on any atom is -0.339 e. The van der Waals surface area contributed by atoms with Gasteiger partial charge in [-0.2, -0.15) is 18.4 Å². The van der Waals surface area contributed by atoms with Crippen molar-refractivity contribution in [3.63, 3.8) is 0 Å². The number of sulfone groups is 1. The second-order valence-electron chi connectivity index (χ2n) is 5.21. The van der Waals surface area contributed by atoms with Gasteiger partial charge in [0, 0.05) is 16.3 Å². The molecule has 9 heteroatoms. The van der Waals surface area contributed by atoms with E-state index < -0.39 is 20.2 Å². The quantitative estimate of drug-likeness (QED) is 0.780. The largest absolute Gasteiger partial charge is 0.501 e. The Morgan fingerprint density at radius 1 is 1.08 bits per heavy atom. The van der Waals surface area contributed by atoms with Gasteiger partial charge in [-0.25, -0.2) is 8.42 Å². The summed E-state index contributed by atoms with van der Waals surface area (Å²) in [5.74, 6) is 0. The number of rotatable bonds is 3. The Kier molecular flexibility index (Phi) is 4.43. The summed E-state index contributed by atoms with van der Waals surface area (Å²) in [6, 6.07) is 12.6. The molecule has 2 aromatic rings. The number of halogens is 3. The van der Waals surface area contributed by atoms with Gasteiger partial charge in [0.15, 0.2) is 0 Å². The van der Waals surface area contributed by atoms with Gasteiger partial charge >= 0.3 is 5.51 Å². The van der Waals surface area contributed by atoms with Crippen molar-refractivity contribution < 1.29 is 21.6 Å². The van der Waals surface area contributed by atoms with E-state index in [0.717, 1.165) is 22.7 Å². The number of nitrogens with zero attached hydrogens (tertiary/aromatic N) is 2. The summed E-state index contributed by atoms with van der Waals surface area (Å²) >= 11 is 1.35. The molecule has 25 heavy (non-hydrogen) atoms. The molecule has 3 rings (SSSR count). The van der Waals surface area contributed by atoms with Crippen molar-refractivity contribution in [2.45, 2.75) is 26.6 Å². The van der Waals surface area contributed by atoms with E-state index in [1.807, 2.05) is 18.2 Å². The molecule has 0 saturated carbocycles. The monoisotopic (exact) mass is 384 g/mol. The highest BCUT2D eigenvalue weighted by molar-refractivity contribution is 7.99. The molecule has 0 saturated heterocycles. The number of benzene rings is 2. The molecule has 4 nitrogen and oxygen atoms in total. The van der Waals surface area contributed by atoms with Crippen molar-refractivity contribution in [1.29, 1.82) is 5.26 Å². The lowest BCUT2D eigenvalue weighted by Gasteiger charge is -2.32. The summed E-state index contributed by atoms with van der Waals surface area (Å²) in [4.78, 5) is 2.40. The third-order valence-electron chi connectivity index (χ3n) is 3.66. The van der Waals surface area contributed by atoms with E-state index in [9.17, 15) is 21.6 Å². The number of fused-ring (bicyclic) bond motifs is 2. The molecule has 0 N–H and O–H groups in total. The van der Waals surface area contributed by atoms with E-state index in [1.54, 1.807) is 17.0 Å². The number of hydrogen-bond acceptors (Lipinski definition) is 5. The number of alkyl halides is 3. The van der Waals surface area contributed by atoms with Gasteiger partial charge in [0.05, 0.1) is 28.8 Å². The maximum atomic E-state index is 12.8. The Morgan fingerprint density at radius 2 is 1.76 bits per heavy atom. The highest BCUT2D eigenvalue weighted by Gasteiger charge is 2.47. The first kappa shape index (κ1) is 17.6. The Morgan fingerprint density at radius 3 is 2.44 bits per heavy atom. The van der Waals surface area contributed by atoms with Gasteiger partial charge in [-0.1, -0.05) is 23.9 Å². The molecule has 2 aromatic carbocycles. The van der Waals surface area contributed by atoms with E-state index >= 15 is 0 Å². The summed E-state index contributed by atoms with van der Waals surface area (Å²) in [5, 5.41) is 8.86. The smallest absolute Gasteiger partial charge is 0.339 e. The third kappa shape index (κ3) is 3.07. The van der Waals surface area contributed by atoms with Crippen molar-refractivity contribution in [2.75, 3.05) is 11.4 Å². The summed E-state index contributed by atoms with van der Waals surface area (Å²) in [6.07, 6.45) is 0.148. The lowest BCUT2D eigenvalue weighted by atomic mass is 10.2. The molecule has 0 fully saturated rings. The topological polar surface area (TPSA) is 61.2 Å². The third-order valence-corrected chi connectivity index (χ3v) is 6.27. The highest BCUT2D eigenvalue weighted by Crippen LogP contribution is 2.49. The maximum Gasteiger partial charge on any atom is 0.501 e. The molecule has 1 aliphatic heterocycles. The van der Waals surface area contributed by atoms with Crippen LogP contribution < -0.4 is 4.90 Å². The van der Waals surface area contributed by atoms with Gasteiger partial charge in [-0.15, -0.1) is 0 Å². The summed E-state index contributed by atoms with van der Waals surface area (Å²) in [6.45, 7) is 0.247. The lowest BCUT2D eigenvalue weighted by molar-refractivity contribution is -0.0436. The molecule has 0 aromatic heterocycles. The first-order valence-corrected chi connectivity index (χ1v) is 9.42. The maximum absolute atomic E-state index is 12.8. The average molecular weight is 384 g/mol. The van der Waals surface area contributed by atoms with Crippen LogP contribution in [0.2, 0.25) is 0 Å². The summed E-state index contributed by atoms with van der Waals surface area (Å²) in [5.41, 5.74) is -4.28. The molecule has 0 radical (unpaired) electrons. The SMILES string of the molecule is N#CCCN1c2ccccc2Sc2ccc(S(=O)(=O)C(F)(F)F)cc21. The fourth-order valence-electron chi connectivity index (χ4n) is 2.51. The number of anilines is 2. The Labute approximate surface area is 146 Å². The molecule has 0 aliphatic carbocycles. The molecule has 0 spiro atoms. The zero-order valence-electron chi connectivity index (χ0n) is 12.6. The second kappa shape index (κ2) is 6.28. The molecule has 0 bridgehead atoms. The van der Waals surface area contributed by atoms with Crippen molar-refractivity contribution in [3.05, 3.63) is 42.5 Å². The molecular weight excluding hydrogens is 373 g/mol. The average Bonchev–Trinajstić information content (AvgIpc) is 2.57. The Hall–Kier alpha value is -2.18. The number of nitriles is 1.